The molecule has 0 aliphatic carbocycles. The summed E-state index contributed by atoms with van der Waals surface area (Å²) in [5, 5.41) is 4.13. The molecular weight excluding hydrogens is 225 g/mol. The first-order valence-electron chi connectivity index (χ1n) is 5.84. The maximum absolute atomic E-state index is 13.4. The molecule has 1 nitrogen and oxygen atoms in total. The fraction of sp³-hybridized carbons (Fsp3) is 0.538. The molecule has 0 saturated carbocycles. The fourth-order valence-corrected chi connectivity index (χ4v) is 2.52. The zero-order chi connectivity index (χ0) is 11.5. The summed E-state index contributed by atoms with van der Waals surface area (Å²) in [6, 6.07) is 3.88. The predicted octanol–water partition coefficient (Wildman–Crippen LogP) is 3.47. The topological polar surface area (TPSA) is 12.0 Å². The molecule has 1 unspecified atom stereocenters. The van der Waals surface area contributed by atoms with Gasteiger partial charge in [0.1, 0.15) is 5.82 Å². The van der Waals surface area contributed by atoms with E-state index >= 15 is 0 Å². The van der Waals surface area contributed by atoms with Crippen molar-refractivity contribution in [3.63, 3.8) is 0 Å². The summed E-state index contributed by atoms with van der Waals surface area (Å²) in [7, 11) is 0. The van der Waals surface area contributed by atoms with E-state index in [1.165, 1.54) is 12.8 Å². The summed E-state index contributed by atoms with van der Waals surface area (Å²) in [4.78, 5) is 0. The van der Waals surface area contributed by atoms with Gasteiger partial charge in [0.05, 0.1) is 0 Å². The summed E-state index contributed by atoms with van der Waals surface area (Å²) in [5.74, 6) is -0.154. The highest BCUT2D eigenvalue weighted by molar-refractivity contribution is 6.31. The predicted molar refractivity (Wildman–Crippen MR) is 65.5 cm³/mol. The van der Waals surface area contributed by atoms with E-state index in [0.29, 0.717) is 16.6 Å². The lowest BCUT2D eigenvalue weighted by Crippen LogP contribution is -2.21. The van der Waals surface area contributed by atoms with Crippen molar-refractivity contribution in [2.75, 3.05) is 6.54 Å². The lowest BCUT2D eigenvalue weighted by molar-refractivity contribution is 0.556. The van der Waals surface area contributed by atoms with E-state index in [-0.39, 0.29) is 5.82 Å². The summed E-state index contributed by atoms with van der Waals surface area (Å²) in [6.45, 7) is 2.85. The Balaban J connectivity index is 2.00. The molecule has 1 atom stereocenters. The smallest absolute Gasteiger partial charge is 0.126 e. The molecular formula is C13H17ClFN. The highest BCUT2D eigenvalue weighted by Crippen LogP contribution is 2.23. The van der Waals surface area contributed by atoms with Gasteiger partial charge in [-0.25, -0.2) is 4.39 Å². The van der Waals surface area contributed by atoms with Crippen LogP contribution in [-0.4, -0.2) is 12.6 Å². The van der Waals surface area contributed by atoms with Gasteiger partial charge >= 0.3 is 0 Å². The Labute approximate surface area is 101 Å². The van der Waals surface area contributed by atoms with Crippen LogP contribution in [0.4, 0.5) is 4.39 Å². The summed E-state index contributed by atoms with van der Waals surface area (Å²) >= 11 is 6.10. The maximum atomic E-state index is 13.4. The van der Waals surface area contributed by atoms with Crippen LogP contribution in [-0.2, 0) is 6.42 Å². The SMILES string of the molecule is Cc1cc(Cl)c(CCC2CCCN2)cc1F. The number of hydrogen-bond donors (Lipinski definition) is 1. The fourth-order valence-electron chi connectivity index (χ4n) is 2.21. The molecule has 1 aromatic rings. The van der Waals surface area contributed by atoms with E-state index in [9.17, 15) is 4.39 Å². The number of benzene rings is 1. The van der Waals surface area contributed by atoms with Crippen molar-refractivity contribution in [3.8, 4) is 0 Å². The van der Waals surface area contributed by atoms with E-state index in [0.717, 1.165) is 24.9 Å². The third-order valence-electron chi connectivity index (χ3n) is 3.25. The minimum atomic E-state index is -0.154. The second-order valence-corrected chi connectivity index (χ2v) is 4.93. The number of nitrogens with one attached hydrogen (secondary N) is 1. The zero-order valence-corrected chi connectivity index (χ0v) is 10.3. The van der Waals surface area contributed by atoms with Gasteiger partial charge in [-0.2, -0.15) is 0 Å². The number of halogens is 2. The molecule has 0 bridgehead atoms. The molecule has 0 aromatic heterocycles. The average Bonchev–Trinajstić information content (AvgIpc) is 2.74. The first-order valence-corrected chi connectivity index (χ1v) is 6.22. The Morgan fingerprint density at radius 1 is 1.50 bits per heavy atom. The average molecular weight is 242 g/mol. The van der Waals surface area contributed by atoms with Gasteiger partial charge in [0, 0.05) is 11.1 Å². The molecule has 1 aliphatic heterocycles. The first-order chi connectivity index (χ1) is 7.66. The lowest BCUT2D eigenvalue weighted by atomic mass is 10.0. The van der Waals surface area contributed by atoms with Crippen LogP contribution in [0.25, 0.3) is 0 Å². The van der Waals surface area contributed by atoms with Gasteiger partial charge in [-0.3, -0.25) is 0 Å². The van der Waals surface area contributed by atoms with Gasteiger partial charge in [0.25, 0.3) is 0 Å². The highest BCUT2D eigenvalue weighted by Gasteiger charge is 2.14. The number of aryl methyl sites for hydroxylation is 2. The number of rotatable bonds is 3. The van der Waals surface area contributed by atoms with E-state index in [2.05, 4.69) is 5.32 Å². The molecule has 1 aliphatic rings. The minimum absolute atomic E-state index is 0.154. The molecule has 1 N–H and O–H groups in total. The van der Waals surface area contributed by atoms with Gasteiger partial charge in [-0.1, -0.05) is 11.6 Å². The van der Waals surface area contributed by atoms with Gasteiger partial charge in [-0.15, -0.1) is 0 Å². The molecule has 2 rings (SSSR count). The van der Waals surface area contributed by atoms with Crippen LogP contribution in [0.2, 0.25) is 5.02 Å². The van der Waals surface area contributed by atoms with Gasteiger partial charge in [0.15, 0.2) is 0 Å². The maximum Gasteiger partial charge on any atom is 0.126 e. The van der Waals surface area contributed by atoms with E-state index < -0.39 is 0 Å². The van der Waals surface area contributed by atoms with Crippen LogP contribution >= 0.6 is 11.6 Å². The van der Waals surface area contributed by atoms with Crippen LogP contribution in [0.5, 0.6) is 0 Å². The molecule has 1 aromatic carbocycles. The minimum Gasteiger partial charge on any atom is -0.314 e. The third kappa shape index (κ3) is 2.74. The van der Waals surface area contributed by atoms with E-state index in [4.69, 9.17) is 11.6 Å². The van der Waals surface area contributed by atoms with Crippen molar-refractivity contribution < 1.29 is 4.39 Å². The quantitative estimate of drug-likeness (QED) is 0.855. The summed E-state index contributed by atoms with van der Waals surface area (Å²) in [6.07, 6.45) is 4.38. The standard InChI is InChI=1S/C13H17ClFN/c1-9-7-12(14)10(8-13(9)15)4-5-11-3-2-6-16-11/h7-8,11,16H,2-6H2,1H3. The number of hydrogen-bond acceptors (Lipinski definition) is 1. The van der Waals surface area contributed by atoms with Crippen LogP contribution in [0.15, 0.2) is 12.1 Å². The first kappa shape index (κ1) is 11.9. The molecule has 16 heavy (non-hydrogen) atoms. The third-order valence-corrected chi connectivity index (χ3v) is 3.60. The molecule has 0 radical (unpaired) electrons. The van der Waals surface area contributed by atoms with Gasteiger partial charge < -0.3 is 5.32 Å². The van der Waals surface area contributed by atoms with E-state index in [1.807, 2.05) is 0 Å². The second-order valence-electron chi connectivity index (χ2n) is 4.52. The molecule has 0 spiro atoms. The van der Waals surface area contributed by atoms with Crippen molar-refractivity contribution in [2.24, 2.45) is 0 Å². The van der Waals surface area contributed by atoms with Crippen molar-refractivity contribution in [3.05, 3.63) is 34.1 Å². The molecule has 3 heteroatoms. The van der Waals surface area contributed by atoms with Gasteiger partial charge in [-0.05, 0) is 62.4 Å². The summed E-state index contributed by atoms with van der Waals surface area (Å²) < 4.78 is 13.4. The molecule has 0 amide bonds. The van der Waals surface area contributed by atoms with Crippen molar-refractivity contribution in [1.29, 1.82) is 0 Å². The Bertz CT molecular complexity index is 372. The van der Waals surface area contributed by atoms with Crippen LogP contribution < -0.4 is 5.32 Å². The van der Waals surface area contributed by atoms with Gasteiger partial charge in [0.2, 0.25) is 0 Å². The van der Waals surface area contributed by atoms with Crippen molar-refractivity contribution in [1.82, 2.24) is 5.32 Å². The Hall–Kier alpha value is -0.600. The monoisotopic (exact) mass is 241 g/mol. The van der Waals surface area contributed by atoms with E-state index in [1.54, 1.807) is 19.1 Å². The molecule has 88 valence electrons. The largest absolute Gasteiger partial charge is 0.314 e. The molecule has 1 saturated heterocycles. The highest BCUT2D eigenvalue weighted by atomic mass is 35.5. The van der Waals surface area contributed by atoms with Crippen molar-refractivity contribution in [2.45, 2.75) is 38.6 Å². The summed E-state index contributed by atoms with van der Waals surface area (Å²) in [5.41, 5.74) is 1.55. The lowest BCUT2D eigenvalue weighted by Gasteiger charge is -2.11. The molecule has 1 heterocycles. The second kappa shape index (κ2) is 5.15. The Morgan fingerprint density at radius 2 is 2.31 bits per heavy atom. The van der Waals surface area contributed by atoms with Crippen LogP contribution in [0.1, 0.15) is 30.4 Å². The molecule has 1 fully saturated rings. The zero-order valence-electron chi connectivity index (χ0n) is 9.52. The van der Waals surface area contributed by atoms with Crippen LogP contribution in [0, 0.1) is 12.7 Å². The van der Waals surface area contributed by atoms with Crippen molar-refractivity contribution >= 4 is 11.6 Å². The Morgan fingerprint density at radius 3 is 3.00 bits per heavy atom. The normalized spacial score (nSPS) is 20.3. The van der Waals surface area contributed by atoms with Crippen LogP contribution in [0.3, 0.4) is 0 Å². The Kier molecular flexibility index (Phi) is 3.82.